The highest BCUT2D eigenvalue weighted by Crippen LogP contribution is 2.30. The summed E-state index contributed by atoms with van der Waals surface area (Å²) in [6.07, 6.45) is -1.41. The highest BCUT2D eigenvalue weighted by Gasteiger charge is 2.29. The Hall–Kier alpha value is -2.54. The molecule has 29 heavy (non-hydrogen) atoms. The van der Waals surface area contributed by atoms with E-state index in [0.29, 0.717) is 13.1 Å². The van der Waals surface area contributed by atoms with Gasteiger partial charge in [0.1, 0.15) is 11.9 Å². The van der Waals surface area contributed by atoms with Crippen LogP contribution in [0.5, 0.6) is 5.75 Å². The molecule has 4 nitrogen and oxygen atoms in total. The number of carbonyl (C=O) groups is 1. The molecule has 2 aromatic carbocycles. The summed E-state index contributed by atoms with van der Waals surface area (Å²) in [6.45, 7) is 1.20. The summed E-state index contributed by atoms with van der Waals surface area (Å²) in [5.41, 5.74) is 2.16. The monoisotopic (exact) mass is 407 g/mol. The normalized spacial score (nSPS) is 16.1. The second-order valence-electron chi connectivity index (χ2n) is 7.13. The molecule has 7 heteroatoms. The van der Waals surface area contributed by atoms with E-state index in [1.165, 1.54) is 19.2 Å². The van der Waals surface area contributed by atoms with Gasteiger partial charge in [-0.15, -0.1) is 0 Å². The molecule has 0 aromatic heterocycles. The van der Waals surface area contributed by atoms with Crippen LogP contribution in [0.4, 0.5) is 13.2 Å². The van der Waals surface area contributed by atoms with Gasteiger partial charge in [0, 0.05) is 6.54 Å². The van der Waals surface area contributed by atoms with Crippen molar-refractivity contribution < 1.29 is 27.4 Å². The van der Waals surface area contributed by atoms with Gasteiger partial charge in [-0.1, -0.05) is 24.3 Å². The smallest absolute Gasteiger partial charge is 0.416 e. The van der Waals surface area contributed by atoms with Crippen molar-refractivity contribution in [2.75, 3.05) is 13.7 Å². The van der Waals surface area contributed by atoms with Crippen molar-refractivity contribution >= 4 is 5.97 Å². The molecular formula is C22H24F3NO3. The van der Waals surface area contributed by atoms with Gasteiger partial charge in [-0.05, 0) is 60.7 Å². The van der Waals surface area contributed by atoms with Gasteiger partial charge in [-0.25, -0.2) is 0 Å². The highest BCUT2D eigenvalue weighted by molar-refractivity contribution is 5.72. The van der Waals surface area contributed by atoms with E-state index in [9.17, 15) is 18.0 Å². The Balaban J connectivity index is 1.45. The summed E-state index contributed by atoms with van der Waals surface area (Å²) < 4.78 is 48.5. The number of halogens is 3. The number of ether oxygens (including phenoxy) is 2. The molecule has 0 aliphatic carbocycles. The van der Waals surface area contributed by atoms with Crippen LogP contribution in [-0.2, 0) is 35.1 Å². The fourth-order valence-corrected chi connectivity index (χ4v) is 3.33. The van der Waals surface area contributed by atoms with E-state index in [1.807, 2.05) is 18.2 Å². The maximum Gasteiger partial charge on any atom is 0.416 e. The average Bonchev–Trinajstić information content (AvgIpc) is 2.70. The van der Waals surface area contributed by atoms with Gasteiger partial charge >= 0.3 is 12.1 Å². The van der Waals surface area contributed by atoms with E-state index in [-0.39, 0.29) is 18.5 Å². The second kappa shape index (κ2) is 9.31. The number of nitrogens with one attached hydrogen (secondary N) is 1. The van der Waals surface area contributed by atoms with Crippen LogP contribution in [0.2, 0.25) is 0 Å². The van der Waals surface area contributed by atoms with Crippen molar-refractivity contribution in [1.82, 2.24) is 5.32 Å². The van der Waals surface area contributed by atoms with E-state index in [2.05, 4.69) is 5.32 Å². The topological polar surface area (TPSA) is 47.6 Å². The van der Waals surface area contributed by atoms with Crippen molar-refractivity contribution in [3.63, 3.8) is 0 Å². The Bertz CT molecular complexity index is 834. The number of methoxy groups -OCH3 is 1. The molecule has 1 aliphatic rings. The predicted molar refractivity (Wildman–Crippen MR) is 103 cm³/mol. The van der Waals surface area contributed by atoms with Crippen LogP contribution in [0, 0.1) is 0 Å². The molecule has 0 amide bonds. The maximum atomic E-state index is 12.6. The van der Waals surface area contributed by atoms with E-state index < -0.39 is 11.7 Å². The third-order valence-corrected chi connectivity index (χ3v) is 4.99. The van der Waals surface area contributed by atoms with Gasteiger partial charge < -0.3 is 14.8 Å². The molecule has 0 radical (unpaired) electrons. The van der Waals surface area contributed by atoms with Gasteiger partial charge in [0.15, 0.2) is 0 Å². The van der Waals surface area contributed by atoms with E-state index >= 15 is 0 Å². The van der Waals surface area contributed by atoms with Crippen molar-refractivity contribution in [3.8, 4) is 5.75 Å². The first-order valence-corrected chi connectivity index (χ1v) is 9.57. The van der Waals surface area contributed by atoms with Crippen LogP contribution in [0.15, 0.2) is 42.5 Å². The molecule has 0 saturated heterocycles. The van der Waals surface area contributed by atoms with Crippen molar-refractivity contribution in [3.05, 3.63) is 64.7 Å². The zero-order valence-corrected chi connectivity index (χ0v) is 16.2. The van der Waals surface area contributed by atoms with Gasteiger partial charge in [0.2, 0.25) is 0 Å². The Morgan fingerprint density at radius 3 is 2.59 bits per heavy atom. The lowest BCUT2D eigenvalue weighted by atomic mass is 9.98. The number of alkyl halides is 3. The van der Waals surface area contributed by atoms with Crippen molar-refractivity contribution in [2.45, 2.75) is 44.5 Å². The van der Waals surface area contributed by atoms with E-state index in [0.717, 1.165) is 53.8 Å². The van der Waals surface area contributed by atoms with Crippen LogP contribution in [0.1, 0.15) is 35.1 Å². The molecule has 0 spiro atoms. The lowest BCUT2D eigenvalue weighted by molar-refractivity contribution is -0.140. The molecule has 1 aliphatic heterocycles. The first-order valence-electron chi connectivity index (χ1n) is 9.57. The van der Waals surface area contributed by atoms with Crippen LogP contribution in [0.25, 0.3) is 0 Å². The quantitative estimate of drug-likeness (QED) is 0.549. The predicted octanol–water partition coefficient (Wildman–Crippen LogP) is 4.29. The minimum Gasteiger partial charge on any atom is -0.490 e. The molecule has 1 atom stereocenters. The molecule has 1 heterocycles. The number of aryl methyl sites for hydroxylation is 1. The van der Waals surface area contributed by atoms with Gasteiger partial charge in [0.25, 0.3) is 0 Å². The van der Waals surface area contributed by atoms with Gasteiger partial charge in [0.05, 0.1) is 19.1 Å². The molecule has 0 fully saturated rings. The fourth-order valence-electron chi connectivity index (χ4n) is 3.33. The SMILES string of the molecule is COC(=O)Cc1ccc2c(c1)OC(CCNCc1ccc(C(F)(F)F)cc1)CC2. The average molecular weight is 407 g/mol. The lowest BCUT2D eigenvalue weighted by Gasteiger charge is -2.26. The van der Waals surface area contributed by atoms with Crippen molar-refractivity contribution in [2.24, 2.45) is 0 Å². The number of rotatable bonds is 7. The number of carbonyl (C=O) groups excluding carboxylic acids is 1. The molecular weight excluding hydrogens is 383 g/mol. The fraction of sp³-hybridized carbons (Fsp3) is 0.409. The molecule has 1 unspecified atom stereocenters. The van der Waals surface area contributed by atoms with E-state index in [4.69, 9.17) is 9.47 Å². The zero-order valence-electron chi connectivity index (χ0n) is 16.2. The number of hydrogen-bond acceptors (Lipinski definition) is 4. The number of esters is 1. The molecule has 3 rings (SSSR count). The van der Waals surface area contributed by atoms with Gasteiger partial charge in [-0.3, -0.25) is 4.79 Å². The first kappa shape index (κ1) is 21.2. The first-order chi connectivity index (χ1) is 13.8. The lowest BCUT2D eigenvalue weighted by Crippen LogP contribution is -2.27. The van der Waals surface area contributed by atoms with Gasteiger partial charge in [-0.2, -0.15) is 13.2 Å². The number of benzene rings is 2. The Morgan fingerprint density at radius 2 is 1.90 bits per heavy atom. The third-order valence-electron chi connectivity index (χ3n) is 4.99. The molecule has 0 saturated carbocycles. The van der Waals surface area contributed by atoms with Crippen LogP contribution in [-0.4, -0.2) is 25.7 Å². The number of fused-ring (bicyclic) bond motifs is 1. The number of hydrogen-bond donors (Lipinski definition) is 1. The molecule has 0 bridgehead atoms. The Morgan fingerprint density at radius 1 is 1.17 bits per heavy atom. The molecule has 156 valence electrons. The Kier molecular flexibility index (Phi) is 6.79. The summed E-state index contributed by atoms with van der Waals surface area (Å²) in [5, 5.41) is 3.25. The van der Waals surface area contributed by atoms with Crippen LogP contribution >= 0.6 is 0 Å². The van der Waals surface area contributed by atoms with Crippen LogP contribution in [0.3, 0.4) is 0 Å². The summed E-state index contributed by atoms with van der Waals surface area (Å²) in [4.78, 5) is 11.4. The van der Waals surface area contributed by atoms with Crippen LogP contribution < -0.4 is 10.1 Å². The summed E-state index contributed by atoms with van der Waals surface area (Å²) in [7, 11) is 1.37. The zero-order chi connectivity index (χ0) is 20.9. The summed E-state index contributed by atoms with van der Waals surface area (Å²) >= 11 is 0. The molecule has 2 aromatic rings. The second-order valence-corrected chi connectivity index (χ2v) is 7.13. The van der Waals surface area contributed by atoms with E-state index in [1.54, 1.807) is 0 Å². The minimum absolute atomic E-state index is 0.0657. The largest absolute Gasteiger partial charge is 0.490 e. The standard InChI is InChI=1S/C22H24F3NO3/c1-28-21(27)13-16-2-5-17-6-9-19(29-20(17)12-16)10-11-26-14-15-3-7-18(8-4-15)22(23,24)25/h2-5,7-8,12,19,26H,6,9-11,13-14H2,1H3. The van der Waals surface area contributed by atoms with Crippen molar-refractivity contribution in [1.29, 1.82) is 0 Å². The third kappa shape index (κ3) is 5.97. The summed E-state index contributed by atoms with van der Waals surface area (Å²) in [5.74, 6) is 0.523. The maximum absolute atomic E-state index is 12.6. The highest BCUT2D eigenvalue weighted by atomic mass is 19.4. The Labute approximate surface area is 168 Å². The molecule has 1 N–H and O–H groups in total. The summed E-state index contributed by atoms with van der Waals surface area (Å²) in [6, 6.07) is 11.0. The minimum atomic E-state index is -4.31.